The van der Waals surface area contributed by atoms with Crippen molar-refractivity contribution in [3.8, 4) is 0 Å². The SMILES string of the molecule is C=C(C)C1C=C(C(C)C)CCC(C)=CCCC(C)CC1=O. The first-order valence-corrected chi connectivity index (χ1v) is 8.35. The van der Waals surface area contributed by atoms with E-state index in [4.69, 9.17) is 0 Å². The fourth-order valence-electron chi connectivity index (χ4n) is 2.92. The molecular weight excluding hydrogens is 256 g/mol. The molecule has 0 bridgehead atoms. The first-order valence-electron chi connectivity index (χ1n) is 8.35. The van der Waals surface area contributed by atoms with Gasteiger partial charge in [-0.05, 0) is 51.4 Å². The van der Waals surface area contributed by atoms with E-state index in [1.807, 2.05) is 6.92 Å². The topological polar surface area (TPSA) is 17.1 Å². The minimum Gasteiger partial charge on any atom is -0.299 e. The van der Waals surface area contributed by atoms with Crippen LogP contribution in [0.1, 0.15) is 66.7 Å². The third-order valence-electron chi connectivity index (χ3n) is 4.51. The average molecular weight is 288 g/mol. The smallest absolute Gasteiger partial charge is 0.144 e. The minimum absolute atomic E-state index is 0.0893. The predicted molar refractivity (Wildman–Crippen MR) is 92.2 cm³/mol. The molecule has 0 aliphatic heterocycles. The van der Waals surface area contributed by atoms with Gasteiger partial charge in [0.1, 0.15) is 5.78 Å². The van der Waals surface area contributed by atoms with Gasteiger partial charge in [-0.1, -0.05) is 56.2 Å². The molecule has 0 aromatic heterocycles. The van der Waals surface area contributed by atoms with Gasteiger partial charge in [-0.15, -0.1) is 0 Å². The zero-order chi connectivity index (χ0) is 16.0. The van der Waals surface area contributed by atoms with Gasteiger partial charge in [0.25, 0.3) is 0 Å². The van der Waals surface area contributed by atoms with E-state index in [1.54, 1.807) is 0 Å². The van der Waals surface area contributed by atoms with Gasteiger partial charge < -0.3 is 0 Å². The van der Waals surface area contributed by atoms with Gasteiger partial charge >= 0.3 is 0 Å². The Labute approximate surface area is 131 Å². The molecule has 0 amide bonds. The van der Waals surface area contributed by atoms with Crippen molar-refractivity contribution in [1.82, 2.24) is 0 Å². The fraction of sp³-hybridized carbons (Fsp3) is 0.650. The van der Waals surface area contributed by atoms with Crippen LogP contribution in [-0.2, 0) is 4.79 Å². The van der Waals surface area contributed by atoms with Crippen LogP contribution in [0.3, 0.4) is 0 Å². The normalized spacial score (nSPS) is 25.7. The number of rotatable bonds is 2. The van der Waals surface area contributed by atoms with Crippen LogP contribution in [0.15, 0.2) is 35.5 Å². The maximum Gasteiger partial charge on any atom is 0.144 e. The van der Waals surface area contributed by atoms with Crippen LogP contribution < -0.4 is 0 Å². The molecule has 0 radical (unpaired) electrons. The summed E-state index contributed by atoms with van der Waals surface area (Å²) in [6.45, 7) is 14.9. The minimum atomic E-state index is -0.0893. The zero-order valence-corrected chi connectivity index (χ0v) is 14.5. The molecule has 0 saturated carbocycles. The van der Waals surface area contributed by atoms with Crippen LogP contribution >= 0.6 is 0 Å². The van der Waals surface area contributed by atoms with Gasteiger partial charge in [-0.3, -0.25) is 4.79 Å². The predicted octanol–water partition coefficient (Wildman–Crippen LogP) is 5.88. The van der Waals surface area contributed by atoms with Crippen LogP contribution in [0.5, 0.6) is 0 Å². The van der Waals surface area contributed by atoms with E-state index in [9.17, 15) is 4.79 Å². The standard InChI is InChI=1S/C20H32O/c1-14(2)18-11-10-16(5)8-7-9-17(6)12-20(21)19(13-18)15(3)4/h8,13-14,17,19H,3,7,9-12H2,1-2,4-6H3. The Hall–Kier alpha value is -1.11. The third kappa shape index (κ3) is 6.03. The summed E-state index contributed by atoms with van der Waals surface area (Å²) in [5.74, 6) is 1.20. The maximum absolute atomic E-state index is 12.6. The molecule has 2 unspecified atom stereocenters. The van der Waals surface area contributed by atoms with E-state index < -0.39 is 0 Å². The molecule has 1 heteroatoms. The van der Waals surface area contributed by atoms with Gasteiger partial charge in [0, 0.05) is 6.42 Å². The summed E-state index contributed by atoms with van der Waals surface area (Å²) in [5, 5.41) is 0. The highest BCUT2D eigenvalue weighted by Gasteiger charge is 2.21. The van der Waals surface area contributed by atoms with Crippen molar-refractivity contribution in [2.45, 2.75) is 66.7 Å². The van der Waals surface area contributed by atoms with E-state index in [0.717, 1.165) is 31.3 Å². The zero-order valence-electron chi connectivity index (χ0n) is 14.5. The van der Waals surface area contributed by atoms with E-state index in [-0.39, 0.29) is 5.92 Å². The van der Waals surface area contributed by atoms with Crippen molar-refractivity contribution in [1.29, 1.82) is 0 Å². The number of ketones is 1. The Kier molecular flexibility index (Phi) is 7.14. The molecule has 0 aromatic rings. The maximum atomic E-state index is 12.6. The first kappa shape index (κ1) is 17.9. The van der Waals surface area contributed by atoms with Crippen molar-refractivity contribution >= 4 is 5.78 Å². The summed E-state index contributed by atoms with van der Waals surface area (Å²) in [6.07, 6.45) is 9.60. The molecule has 0 saturated heterocycles. The highest BCUT2D eigenvalue weighted by atomic mass is 16.1. The molecule has 0 aromatic carbocycles. The van der Waals surface area contributed by atoms with Gasteiger partial charge in [-0.2, -0.15) is 0 Å². The number of Topliss-reactive ketones (excluding diaryl/α,β-unsaturated/α-hetero) is 1. The highest BCUT2D eigenvalue weighted by Crippen LogP contribution is 2.27. The van der Waals surface area contributed by atoms with Crippen molar-refractivity contribution < 1.29 is 4.79 Å². The van der Waals surface area contributed by atoms with Crippen molar-refractivity contribution in [2.75, 3.05) is 0 Å². The molecule has 0 N–H and O–H groups in total. The van der Waals surface area contributed by atoms with Gasteiger partial charge in [0.2, 0.25) is 0 Å². The Morgan fingerprint density at radius 2 is 2.00 bits per heavy atom. The number of hydrogen-bond donors (Lipinski definition) is 0. The summed E-state index contributed by atoms with van der Waals surface area (Å²) in [5.41, 5.74) is 3.86. The summed E-state index contributed by atoms with van der Waals surface area (Å²) in [7, 11) is 0. The van der Waals surface area contributed by atoms with Crippen LogP contribution in [0.2, 0.25) is 0 Å². The molecular formula is C20H32O. The molecule has 1 rings (SSSR count). The quantitative estimate of drug-likeness (QED) is 0.580. The second-order valence-electron chi connectivity index (χ2n) is 7.12. The molecule has 118 valence electrons. The number of hydrogen-bond acceptors (Lipinski definition) is 1. The summed E-state index contributed by atoms with van der Waals surface area (Å²) in [6, 6.07) is 0. The monoisotopic (exact) mass is 288 g/mol. The van der Waals surface area contributed by atoms with Crippen LogP contribution in [0, 0.1) is 17.8 Å². The van der Waals surface area contributed by atoms with Crippen LogP contribution in [0.25, 0.3) is 0 Å². The van der Waals surface area contributed by atoms with E-state index in [1.165, 1.54) is 11.1 Å². The number of allylic oxidation sites excluding steroid dienone is 5. The second kappa shape index (κ2) is 8.36. The molecule has 1 aliphatic rings. The first-order chi connectivity index (χ1) is 9.81. The second-order valence-corrected chi connectivity index (χ2v) is 7.12. The van der Waals surface area contributed by atoms with E-state index in [0.29, 0.717) is 24.0 Å². The summed E-state index contributed by atoms with van der Waals surface area (Å²) >= 11 is 0. The lowest BCUT2D eigenvalue weighted by Crippen LogP contribution is -2.18. The molecule has 0 fully saturated rings. The molecule has 0 heterocycles. The Morgan fingerprint density at radius 3 is 2.57 bits per heavy atom. The Balaban J connectivity index is 3.08. The molecule has 0 spiro atoms. The lowest BCUT2D eigenvalue weighted by molar-refractivity contribution is -0.121. The van der Waals surface area contributed by atoms with Crippen molar-refractivity contribution in [3.63, 3.8) is 0 Å². The van der Waals surface area contributed by atoms with Crippen molar-refractivity contribution in [3.05, 3.63) is 35.5 Å². The van der Waals surface area contributed by atoms with E-state index >= 15 is 0 Å². The Bertz CT molecular complexity index is 437. The van der Waals surface area contributed by atoms with E-state index in [2.05, 4.69) is 46.4 Å². The van der Waals surface area contributed by atoms with Gasteiger partial charge in [-0.25, -0.2) is 0 Å². The largest absolute Gasteiger partial charge is 0.299 e. The highest BCUT2D eigenvalue weighted by molar-refractivity contribution is 5.85. The van der Waals surface area contributed by atoms with Crippen LogP contribution in [-0.4, -0.2) is 5.78 Å². The fourth-order valence-corrected chi connectivity index (χ4v) is 2.92. The molecule has 21 heavy (non-hydrogen) atoms. The average Bonchev–Trinajstić information content (AvgIpc) is 2.36. The number of carbonyl (C=O) groups is 1. The van der Waals surface area contributed by atoms with Gasteiger partial charge in [0.05, 0.1) is 5.92 Å². The third-order valence-corrected chi connectivity index (χ3v) is 4.51. The van der Waals surface area contributed by atoms with Crippen LogP contribution in [0.4, 0.5) is 0 Å². The lowest BCUT2D eigenvalue weighted by atomic mass is 9.84. The van der Waals surface area contributed by atoms with Crippen molar-refractivity contribution in [2.24, 2.45) is 17.8 Å². The summed E-state index contributed by atoms with van der Waals surface area (Å²) < 4.78 is 0. The Morgan fingerprint density at radius 1 is 1.33 bits per heavy atom. The molecule has 1 nitrogen and oxygen atoms in total. The molecule has 1 aliphatic carbocycles. The molecule has 2 atom stereocenters. The summed E-state index contributed by atoms with van der Waals surface area (Å²) in [4.78, 5) is 12.6. The lowest BCUT2D eigenvalue weighted by Gasteiger charge is -2.20. The van der Waals surface area contributed by atoms with Gasteiger partial charge in [0.15, 0.2) is 0 Å². The number of carbonyl (C=O) groups excluding carboxylic acids is 1.